The van der Waals surface area contributed by atoms with E-state index in [-0.39, 0.29) is 0 Å². The predicted octanol–water partition coefficient (Wildman–Crippen LogP) is 1.92. The van der Waals surface area contributed by atoms with E-state index in [1.165, 1.54) is 44.5 Å². The van der Waals surface area contributed by atoms with Crippen LogP contribution in [-0.2, 0) is 22.6 Å². The lowest BCUT2D eigenvalue weighted by Crippen LogP contribution is -2.45. The Morgan fingerprint density at radius 1 is 1.33 bits per heavy atom. The molecule has 2 fully saturated rings. The fraction of sp³-hybridized carbons (Fsp3) is 0.812. The SMILES string of the molecule is COCCn1cncc1CN1CCCC2(CCOCC2)C1. The normalized spacial score (nSPS) is 22.7. The molecule has 2 aliphatic heterocycles. The molecule has 3 heterocycles. The summed E-state index contributed by atoms with van der Waals surface area (Å²) in [7, 11) is 1.75. The molecule has 0 amide bonds. The molecule has 2 aliphatic rings. The maximum absolute atomic E-state index is 5.56. The minimum atomic E-state index is 0.508. The number of aromatic nitrogens is 2. The maximum atomic E-state index is 5.56. The summed E-state index contributed by atoms with van der Waals surface area (Å²) in [6.07, 6.45) is 9.06. The summed E-state index contributed by atoms with van der Waals surface area (Å²) in [5.74, 6) is 0. The van der Waals surface area contributed by atoms with Crippen molar-refractivity contribution in [2.24, 2.45) is 5.41 Å². The molecule has 0 unspecified atom stereocenters. The van der Waals surface area contributed by atoms with Gasteiger partial charge in [-0.15, -0.1) is 0 Å². The monoisotopic (exact) mass is 293 g/mol. The number of piperidine rings is 1. The molecule has 3 rings (SSSR count). The van der Waals surface area contributed by atoms with Gasteiger partial charge in [0.2, 0.25) is 0 Å². The van der Waals surface area contributed by atoms with Gasteiger partial charge in [0.05, 0.1) is 18.6 Å². The topological polar surface area (TPSA) is 39.5 Å². The van der Waals surface area contributed by atoms with Gasteiger partial charge in [0.25, 0.3) is 0 Å². The van der Waals surface area contributed by atoms with Gasteiger partial charge in [-0.3, -0.25) is 4.90 Å². The summed E-state index contributed by atoms with van der Waals surface area (Å²) >= 11 is 0. The third-order valence-corrected chi connectivity index (χ3v) is 5.01. The Bertz CT molecular complexity index is 435. The highest BCUT2D eigenvalue weighted by molar-refractivity contribution is 5.00. The van der Waals surface area contributed by atoms with Crippen LogP contribution in [0.1, 0.15) is 31.4 Å². The molecule has 2 saturated heterocycles. The van der Waals surface area contributed by atoms with E-state index in [2.05, 4.69) is 14.5 Å². The quantitative estimate of drug-likeness (QED) is 0.831. The number of methoxy groups -OCH3 is 1. The molecule has 0 atom stereocenters. The molecular formula is C16H27N3O2. The average Bonchev–Trinajstić information content (AvgIpc) is 2.93. The molecule has 1 aromatic rings. The molecule has 0 aromatic carbocycles. The summed E-state index contributed by atoms with van der Waals surface area (Å²) in [6.45, 7) is 6.94. The second kappa shape index (κ2) is 6.90. The molecule has 5 heteroatoms. The van der Waals surface area contributed by atoms with Crippen LogP contribution in [0.2, 0.25) is 0 Å². The molecule has 5 nitrogen and oxygen atoms in total. The maximum Gasteiger partial charge on any atom is 0.0949 e. The Balaban J connectivity index is 1.60. The van der Waals surface area contributed by atoms with Crippen molar-refractivity contribution in [1.82, 2.24) is 14.5 Å². The van der Waals surface area contributed by atoms with Crippen molar-refractivity contribution in [3.63, 3.8) is 0 Å². The van der Waals surface area contributed by atoms with Crippen molar-refractivity contribution >= 4 is 0 Å². The smallest absolute Gasteiger partial charge is 0.0949 e. The van der Waals surface area contributed by atoms with Crippen molar-refractivity contribution in [3.05, 3.63) is 18.2 Å². The van der Waals surface area contributed by atoms with Gasteiger partial charge < -0.3 is 14.0 Å². The molecule has 0 aliphatic carbocycles. The molecule has 0 saturated carbocycles. The fourth-order valence-electron chi connectivity index (χ4n) is 3.76. The van der Waals surface area contributed by atoms with Crippen LogP contribution in [0.3, 0.4) is 0 Å². The largest absolute Gasteiger partial charge is 0.383 e. The van der Waals surface area contributed by atoms with Crippen LogP contribution < -0.4 is 0 Å². The first-order chi connectivity index (χ1) is 10.3. The fourth-order valence-corrected chi connectivity index (χ4v) is 3.76. The summed E-state index contributed by atoms with van der Waals surface area (Å²) in [5, 5.41) is 0. The highest BCUT2D eigenvalue weighted by atomic mass is 16.5. The number of hydrogen-bond acceptors (Lipinski definition) is 4. The van der Waals surface area contributed by atoms with E-state index >= 15 is 0 Å². The third-order valence-electron chi connectivity index (χ3n) is 5.01. The van der Waals surface area contributed by atoms with Crippen molar-refractivity contribution in [1.29, 1.82) is 0 Å². The van der Waals surface area contributed by atoms with E-state index in [1.807, 2.05) is 12.5 Å². The second-order valence-electron chi connectivity index (χ2n) is 6.50. The van der Waals surface area contributed by atoms with Gasteiger partial charge in [-0.25, -0.2) is 4.98 Å². The van der Waals surface area contributed by atoms with Crippen LogP contribution in [0.25, 0.3) is 0 Å². The molecule has 1 spiro atoms. The van der Waals surface area contributed by atoms with Crippen molar-refractivity contribution in [2.75, 3.05) is 40.0 Å². The summed E-state index contributed by atoms with van der Waals surface area (Å²) in [6, 6.07) is 0. The van der Waals surface area contributed by atoms with Gasteiger partial charge in [0, 0.05) is 46.2 Å². The molecule has 21 heavy (non-hydrogen) atoms. The Kier molecular flexibility index (Phi) is 4.93. The zero-order valence-electron chi connectivity index (χ0n) is 13.1. The summed E-state index contributed by atoms with van der Waals surface area (Å²) in [4.78, 5) is 6.91. The average molecular weight is 293 g/mol. The molecule has 1 aromatic heterocycles. The molecule has 0 bridgehead atoms. The molecule has 118 valence electrons. The Morgan fingerprint density at radius 2 is 2.19 bits per heavy atom. The number of ether oxygens (including phenoxy) is 2. The van der Waals surface area contributed by atoms with Crippen molar-refractivity contribution in [2.45, 2.75) is 38.8 Å². The van der Waals surface area contributed by atoms with Crippen LogP contribution >= 0.6 is 0 Å². The van der Waals surface area contributed by atoms with E-state index in [4.69, 9.17) is 9.47 Å². The number of imidazole rings is 1. The summed E-state index contributed by atoms with van der Waals surface area (Å²) in [5.41, 5.74) is 1.81. The van der Waals surface area contributed by atoms with Crippen LogP contribution in [-0.4, -0.2) is 54.5 Å². The van der Waals surface area contributed by atoms with Gasteiger partial charge in [-0.05, 0) is 37.6 Å². The number of nitrogens with zero attached hydrogens (tertiary/aromatic N) is 3. The number of rotatable bonds is 5. The Labute approximate surface area is 127 Å². The van der Waals surface area contributed by atoms with Crippen molar-refractivity contribution in [3.8, 4) is 0 Å². The number of hydrogen-bond donors (Lipinski definition) is 0. The Morgan fingerprint density at radius 3 is 3.00 bits per heavy atom. The lowest BCUT2D eigenvalue weighted by atomic mass is 9.74. The van der Waals surface area contributed by atoms with E-state index in [0.717, 1.165) is 32.9 Å². The first kappa shape index (κ1) is 15.0. The zero-order valence-corrected chi connectivity index (χ0v) is 13.1. The van der Waals surface area contributed by atoms with E-state index in [9.17, 15) is 0 Å². The molecular weight excluding hydrogens is 266 g/mol. The second-order valence-corrected chi connectivity index (χ2v) is 6.50. The minimum Gasteiger partial charge on any atom is -0.383 e. The predicted molar refractivity (Wildman–Crippen MR) is 81.1 cm³/mol. The van der Waals surface area contributed by atoms with Crippen LogP contribution in [0.15, 0.2) is 12.5 Å². The van der Waals surface area contributed by atoms with Crippen LogP contribution in [0, 0.1) is 5.41 Å². The highest BCUT2D eigenvalue weighted by Gasteiger charge is 2.36. The summed E-state index contributed by atoms with van der Waals surface area (Å²) < 4.78 is 12.9. The van der Waals surface area contributed by atoms with Crippen LogP contribution in [0.5, 0.6) is 0 Å². The first-order valence-corrected chi connectivity index (χ1v) is 8.09. The highest BCUT2D eigenvalue weighted by Crippen LogP contribution is 2.39. The number of likely N-dealkylation sites (tertiary alicyclic amines) is 1. The first-order valence-electron chi connectivity index (χ1n) is 8.09. The zero-order chi connectivity index (χ0) is 14.5. The van der Waals surface area contributed by atoms with E-state index < -0.39 is 0 Å². The lowest BCUT2D eigenvalue weighted by molar-refractivity contribution is -0.0295. The minimum absolute atomic E-state index is 0.508. The Hall–Kier alpha value is -0.910. The van der Waals surface area contributed by atoms with Gasteiger partial charge in [0.15, 0.2) is 0 Å². The van der Waals surface area contributed by atoms with Gasteiger partial charge >= 0.3 is 0 Å². The van der Waals surface area contributed by atoms with E-state index in [1.54, 1.807) is 7.11 Å². The van der Waals surface area contributed by atoms with Crippen LogP contribution in [0.4, 0.5) is 0 Å². The van der Waals surface area contributed by atoms with Crippen molar-refractivity contribution < 1.29 is 9.47 Å². The molecule has 0 radical (unpaired) electrons. The standard InChI is InChI=1S/C16H27N3O2/c1-20-10-7-19-14-17-11-15(19)12-18-6-2-3-16(13-18)4-8-21-9-5-16/h11,14H,2-10,12-13H2,1H3. The van der Waals surface area contributed by atoms with Gasteiger partial charge in [-0.1, -0.05) is 0 Å². The molecule has 0 N–H and O–H groups in total. The van der Waals surface area contributed by atoms with Gasteiger partial charge in [-0.2, -0.15) is 0 Å². The lowest BCUT2D eigenvalue weighted by Gasteiger charge is -2.45. The van der Waals surface area contributed by atoms with Gasteiger partial charge in [0.1, 0.15) is 0 Å². The third kappa shape index (κ3) is 3.65. The van der Waals surface area contributed by atoms with E-state index in [0.29, 0.717) is 5.41 Å².